The van der Waals surface area contributed by atoms with E-state index in [1.54, 1.807) is 0 Å². The second-order valence-corrected chi connectivity index (χ2v) is 5.82. The summed E-state index contributed by atoms with van der Waals surface area (Å²) in [6, 6.07) is 8.77. The van der Waals surface area contributed by atoms with E-state index in [9.17, 15) is 0 Å². The fraction of sp³-hybridized carbons (Fsp3) is 0.375. The quantitative estimate of drug-likeness (QED) is 0.719. The first-order valence-electron chi connectivity index (χ1n) is 6.30. The summed E-state index contributed by atoms with van der Waals surface area (Å²) < 4.78 is 0. The van der Waals surface area contributed by atoms with Gasteiger partial charge in [-0.2, -0.15) is 0 Å². The molecule has 2 atom stereocenters. The van der Waals surface area contributed by atoms with Gasteiger partial charge >= 0.3 is 0 Å². The minimum Gasteiger partial charge on any atom is -0.402 e. The van der Waals surface area contributed by atoms with Gasteiger partial charge in [0.1, 0.15) is 0 Å². The van der Waals surface area contributed by atoms with Crippen LogP contribution in [-0.2, 0) is 5.41 Å². The first-order chi connectivity index (χ1) is 8.03. The number of fused-ring (bicyclic) bond motifs is 3. The molecule has 1 nitrogen and oxygen atoms in total. The zero-order valence-corrected chi connectivity index (χ0v) is 10.7. The van der Waals surface area contributed by atoms with Crippen molar-refractivity contribution in [2.24, 2.45) is 17.6 Å². The Morgan fingerprint density at radius 2 is 1.82 bits per heavy atom. The van der Waals surface area contributed by atoms with Crippen LogP contribution in [-0.4, -0.2) is 0 Å². The molecule has 0 fully saturated rings. The van der Waals surface area contributed by atoms with Gasteiger partial charge in [-0.25, -0.2) is 0 Å². The van der Waals surface area contributed by atoms with Crippen molar-refractivity contribution in [1.29, 1.82) is 0 Å². The molecule has 0 bridgehead atoms. The zero-order valence-electron chi connectivity index (χ0n) is 10.7. The standard InChI is InChI=1S/C16H19N/c1-10-14(17)9-8-12-11-6-4-5-7-13(11)16(2,3)15(10)12/h4-10,15H,17H2,1-3H3. The molecule has 3 rings (SSSR count). The summed E-state index contributed by atoms with van der Waals surface area (Å²) in [4.78, 5) is 0. The lowest BCUT2D eigenvalue weighted by atomic mass is 9.69. The Hall–Kier alpha value is -1.50. The highest BCUT2D eigenvalue weighted by Gasteiger charge is 2.46. The lowest BCUT2D eigenvalue weighted by molar-refractivity contribution is 0.334. The summed E-state index contributed by atoms with van der Waals surface area (Å²) in [5, 5.41) is 0. The molecule has 0 radical (unpaired) electrons. The number of hydrogen-bond donors (Lipinski definition) is 1. The summed E-state index contributed by atoms with van der Waals surface area (Å²) >= 11 is 0. The molecular weight excluding hydrogens is 206 g/mol. The van der Waals surface area contributed by atoms with Crippen molar-refractivity contribution >= 4 is 5.57 Å². The summed E-state index contributed by atoms with van der Waals surface area (Å²) in [5.74, 6) is 0.947. The Morgan fingerprint density at radius 3 is 2.59 bits per heavy atom. The maximum absolute atomic E-state index is 6.11. The van der Waals surface area contributed by atoms with Crippen LogP contribution < -0.4 is 5.73 Å². The minimum atomic E-state index is 0.181. The van der Waals surface area contributed by atoms with E-state index < -0.39 is 0 Å². The van der Waals surface area contributed by atoms with Crippen LogP contribution in [0, 0.1) is 11.8 Å². The second-order valence-electron chi connectivity index (χ2n) is 5.82. The molecule has 0 aliphatic heterocycles. The van der Waals surface area contributed by atoms with Crippen LogP contribution in [0.15, 0.2) is 42.1 Å². The van der Waals surface area contributed by atoms with Gasteiger partial charge in [0, 0.05) is 17.5 Å². The molecule has 2 N–H and O–H groups in total. The van der Waals surface area contributed by atoms with Crippen molar-refractivity contribution in [3.05, 3.63) is 53.2 Å². The fourth-order valence-corrected chi connectivity index (χ4v) is 3.64. The maximum atomic E-state index is 6.11. The Bertz CT molecular complexity index is 534. The molecule has 1 heteroatoms. The molecule has 2 aliphatic carbocycles. The van der Waals surface area contributed by atoms with Crippen LogP contribution in [0.25, 0.3) is 5.57 Å². The van der Waals surface area contributed by atoms with Crippen molar-refractivity contribution in [3.63, 3.8) is 0 Å². The van der Waals surface area contributed by atoms with Crippen LogP contribution >= 0.6 is 0 Å². The van der Waals surface area contributed by atoms with Crippen molar-refractivity contribution in [2.45, 2.75) is 26.2 Å². The highest BCUT2D eigenvalue weighted by Crippen LogP contribution is 2.54. The number of nitrogens with two attached hydrogens (primary N) is 1. The third-order valence-electron chi connectivity index (χ3n) is 4.53. The predicted molar refractivity (Wildman–Crippen MR) is 72.4 cm³/mol. The molecule has 0 aromatic heterocycles. The Kier molecular flexibility index (Phi) is 2.04. The monoisotopic (exact) mass is 225 g/mol. The van der Waals surface area contributed by atoms with Gasteiger partial charge in [-0.05, 0) is 28.2 Å². The molecule has 0 saturated carbocycles. The lowest BCUT2D eigenvalue weighted by Gasteiger charge is -2.35. The van der Waals surface area contributed by atoms with Gasteiger partial charge in [-0.15, -0.1) is 0 Å². The van der Waals surface area contributed by atoms with E-state index in [0.717, 1.165) is 5.70 Å². The topological polar surface area (TPSA) is 26.0 Å². The average Bonchev–Trinajstić information content (AvgIpc) is 2.54. The number of benzene rings is 1. The van der Waals surface area contributed by atoms with E-state index in [0.29, 0.717) is 11.8 Å². The van der Waals surface area contributed by atoms with Crippen LogP contribution in [0.5, 0.6) is 0 Å². The molecule has 88 valence electrons. The maximum Gasteiger partial charge on any atom is 0.0116 e. The second kappa shape index (κ2) is 3.25. The van der Waals surface area contributed by atoms with E-state index >= 15 is 0 Å². The summed E-state index contributed by atoms with van der Waals surface area (Å²) in [7, 11) is 0. The Balaban J connectivity index is 2.26. The van der Waals surface area contributed by atoms with E-state index in [1.165, 1.54) is 16.7 Å². The molecular formula is C16H19N. The highest BCUT2D eigenvalue weighted by molar-refractivity contribution is 5.80. The lowest BCUT2D eigenvalue weighted by Crippen LogP contribution is -2.32. The average molecular weight is 225 g/mol. The van der Waals surface area contributed by atoms with Crippen molar-refractivity contribution < 1.29 is 0 Å². The molecule has 0 heterocycles. The smallest absolute Gasteiger partial charge is 0.0116 e. The van der Waals surface area contributed by atoms with E-state index in [2.05, 4.69) is 57.2 Å². The van der Waals surface area contributed by atoms with E-state index in [1.807, 2.05) is 0 Å². The van der Waals surface area contributed by atoms with E-state index in [-0.39, 0.29) is 5.41 Å². The van der Waals surface area contributed by atoms with Gasteiger partial charge in [0.25, 0.3) is 0 Å². The third-order valence-corrected chi connectivity index (χ3v) is 4.53. The van der Waals surface area contributed by atoms with Crippen molar-refractivity contribution in [1.82, 2.24) is 0 Å². The molecule has 17 heavy (non-hydrogen) atoms. The highest BCUT2D eigenvalue weighted by atomic mass is 14.6. The molecule has 1 aromatic rings. The fourth-order valence-electron chi connectivity index (χ4n) is 3.64. The Morgan fingerprint density at radius 1 is 1.12 bits per heavy atom. The van der Waals surface area contributed by atoms with Gasteiger partial charge in [0.05, 0.1) is 0 Å². The van der Waals surface area contributed by atoms with Crippen LogP contribution in [0.1, 0.15) is 31.9 Å². The van der Waals surface area contributed by atoms with Gasteiger partial charge in [0.2, 0.25) is 0 Å². The van der Waals surface area contributed by atoms with Gasteiger partial charge < -0.3 is 5.73 Å². The van der Waals surface area contributed by atoms with Crippen LogP contribution in [0.2, 0.25) is 0 Å². The molecule has 1 aromatic carbocycles. The largest absolute Gasteiger partial charge is 0.402 e. The molecule has 0 saturated heterocycles. The first-order valence-corrected chi connectivity index (χ1v) is 6.30. The first kappa shape index (κ1) is 10.6. The Labute approximate surface area is 103 Å². The molecule has 0 spiro atoms. The SMILES string of the molecule is CC1C(N)=CC=C2c3ccccc3C(C)(C)C21. The minimum absolute atomic E-state index is 0.181. The number of allylic oxidation sites excluding steroid dienone is 4. The molecule has 0 amide bonds. The number of hydrogen-bond acceptors (Lipinski definition) is 1. The molecule has 2 aliphatic rings. The molecule has 2 unspecified atom stereocenters. The van der Waals surface area contributed by atoms with Gasteiger partial charge in [-0.1, -0.05) is 51.1 Å². The number of rotatable bonds is 0. The summed E-state index contributed by atoms with van der Waals surface area (Å²) in [6.07, 6.45) is 4.29. The summed E-state index contributed by atoms with van der Waals surface area (Å²) in [5.41, 5.74) is 11.6. The van der Waals surface area contributed by atoms with Crippen molar-refractivity contribution in [3.8, 4) is 0 Å². The third kappa shape index (κ3) is 1.25. The van der Waals surface area contributed by atoms with Crippen LogP contribution in [0.3, 0.4) is 0 Å². The van der Waals surface area contributed by atoms with Gasteiger partial charge in [0.15, 0.2) is 0 Å². The van der Waals surface area contributed by atoms with Crippen molar-refractivity contribution in [2.75, 3.05) is 0 Å². The van der Waals surface area contributed by atoms with Gasteiger partial charge in [-0.3, -0.25) is 0 Å². The predicted octanol–water partition coefficient (Wildman–Crippen LogP) is 3.47. The van der Waals surface area contributed by atoms with E-state index in [4.69, 9.17) is 5.73 Å². The zero-order chi connectivity index (χ0) is 12.2. The van der Waals surface area contributed by atoms with Crippen LogP contribution in [0.4, 0.5) is 0 Å². The normalized spacial score (nSPS) is 29.1. The summed E-state index contributed by atoms with van der Waals surface area (Å²) in [6.45, 7) is 6.93.